The molecule has 0 aliphatic heterocycles. The molecule has 7 heteroatoms. The Bertz CT molecular complexity index is 735. The molecule has 2 aromatic rings. The van der Waals surface area contributed by atoms with Crippen molar-refractivity contribution in [3.05, 3.63) is 41.3 Å². The van der Waals surface area contributed by atoms with Gasteiger partial charge in [0, 0.05) is 18.8 Å². The summed E-state index contributed by atoms with van der Waals surface area (Å²) >= 11 is 0. The molecular formula is C18H24N4O3. The van der Waals surface area contributed by atoms with Crippen molar-refractivity contribution >= 4 is 5.91 Å². The van der Waals surface area contributed by atoms with Crippen LogP contribution in [0.25, 0.3) is 0 Å². The van der Waals surface area contributed by atoms with Gasteiger partial charge in [0.25, 0.3) is 5.91 Å². The number of carbonyl (C=O) groups is 1. The number of hydrogen-bond acceptors (Lipinski definition) is 5. The monoisotopic (exact) mass is 344 g/mol. The van der Waals surface area contributed by atoms with Crippen LogP contribution >= 0.6 is 0 Å². The van der Waals surface area contributed by atoms with Crippen molar-refractivity contribution in [2.45, 2.75) is 45.4 Å². The molecule has 1 fully saturated rings. The number of ether oxygens (including phenoxy) is 1. The Hall–Kier alpha value is -2.41. The minimum absolute atomic E-state index is 0.162. The number of aryl methyl sites for hydroxylation is 2. The number of rotatable bonds is 6. The van der Waals surface area contributed by atoms with E-state index in [1.165, 1.54) is 0 Å². The van der Waals surface area contributed by atoms with Crippen LogP contribution in [0.15, 0.2) is 24.4 Å². The van der Waals surface area contributed by atoms with Crippen LogP contribution in [0.1, 0.15) is 47.6 Å². The molecule has 25 heavy (non-hydrogen) atoms. The van der Waals surface area contributed by atoms with E-state index in [-0.39, 0.29) is 24.0 Å². The Morgan fingerprint density at radius 3 is 2.80 bits per heavy atom. The molecule has 0 bridgehead atoms. The lowest BCUT2D eigenvalue weighted by Gasteiger charge is -2.38. The van der Waals surface area contributed by atoms with E-state index in [9.17, 15) is 9.90 Å². The van der Waals surface area contributed by atoms with Gasteiger partial charge >= 0.3 is 0 Å². The Kier molecular flexibility index (Phi) is 5.03. The highest BCUT2D eigenvalue weighted by Crippen LogP contribution is 2.38. The average molecular weight is 344 g/mol. The van der Waals surface area contributed by atoms with E-state index in [1.54, 1.807) is 30.1 Å². The Labute approximate surface area is 147 Å². The first kappa shape index (κ1) is 17.4. The van der Waals surface area contributed by atoms with Crippen LogP contribution < -0.4 is 10.1 Å². The molecule has 0 saturated heterocycles. The summed E-state index contributed by atoms with van der Waals surface area (Å²) in [6.07, 6.45) is 2.77. The second-order valence-corrected chi connectivity index (χ2v) is 6.46. The standard InChI is InChI=1S/C18H24N4O3/c1-4-22-15(7-11(2)21-22)18(24)20-17(13-8-14(23)9-13)12-5-6-16(25-3)19-10-12/h5-7,10,13-14,17,23H,4,8-9H2,1-3H3,(H,20,24)/t13?,14?,17-/m1/s1. The van der Waals surface area contributed by atoms with Crippen molar-refractivity contribution in [2.24, 2.45) is 5.92 Å². The Morgan fingerprint density at radius 2 is 2.24 bits per heavy atom. The van der Waals surface area contributed by atoms with E-state index in [0.29, 0.717) is 31.0 Å². The smallest absolute Gasteiger partial charge is 0.270 e. The first-order valence-corrected chi connectivity index (χ1v) is 8.55. The summed E-state index contributed by atoms with van der Waals surface area (Å²) in [6.45, 7) is 4.46. The molecule has 7 nitrogen and oxygen atoms in total. The zero-order valence-corrected chi connectivity index (χ0v) is 14.8. The van der Waals surface area contributed by atoms with Crippen LogP contribution in [-0.4, -0.2) is 39.0 Å². The summed E-state index contributed by atoms with van der Waals surface area (Å²) in [5.74, 6) is 0.556. The summed E-state index contributed by atoms with van der Waals surface area (Å²) in [7, 11) is 1.57. The molecular weight excluding hydrogens is 320 g/mol. The lowest BCUT2D eigenvalue weighted by Crippen LogP contribution is -2.42. The van der Waals surface area contributed by atoms with Gasteiger partial charge in [-0.3, -0.25) is 9.48 Å². The van der Waals surface area contributed by atoms with Crippen LogP contribution in [0.4, 0.5) is 0 Å². The molecule has 1 saturated carbocycles. The topological polar surface area (TPSA) is 89.3 Å². The lowest BCUT2D eigenvalue weighted by molar-refractivity contribution is 0.0233. The number of aliphatic hydroxyl groups excluding tert-OH is 1. The van der Waals surface area contributed by atoms with E-state index in [2.05, 4.69) is 15.4 Å². The van der Waals surface area contributed by atoms with Crippen LogP contribution in [-0.2, 0) is 6.54 Å². The highest BCUT2D eigenvalue weighted by atomic mass is 16.5. The van der Waals surface area contributed by atoms with Crippen molar-refractivity contribution in [3.63, 3.8) is 0 Å². The second-order valence-electron chi connectivity index (χ2n) is 6.46. The van der Waals surface area contributed by atoms with Gasteiger partial charge in [-0.25, -0.2) is 4.98 Å². The lowest BCUT2D eigenvalue weighted by atomic mass is 9.75. The van der Waals surface area contributed by atoms with Gasteiger partial charge in [0.1, 0.15) is 5.69 Å². The molecule has 2 N–H and O–H groups in total. The number of aromatic nitrogens is 3. The minimum Gasteiger partial charge on any atom is -0.481 e. The van der Waals surface area contributed by atoms with E-state index in [1.807, 2.05) is 19.9 Å². The molecule has 1 aliphatic carbocycles. The van der Waals surface area contributed by atoms with Crippen molar-refractivity contribution in [1.29, 1.82) is 0 Å². The van der Waals surface area contributed by atoms with Crippen molar-refractivity contribution in [3.8, 4) is 5.88 Å². The summed E-state index contributed by atoms with van der Waals surface area (Å²) in [5.41, 5.74) is 2.27. The molecule has 1 aliphatic rings. The maximum Gasteiger partial charge on any atom is 0.270 e. The quantitative estimate of drug-likeness (QED) is 0.835. The zero-order valence-electron chi connectivity index (χ0n) is 14.8. The summed E-state index contributed by atoms with van der Waals surface area (Å²) in [5, 5.41) is 17.1. The first-order chi connectivity index (χ1) is 12.0. The SMILES string of the molecule is CCn1nc(C)cc1C(=O)N[C@H](c1ccc(OC)nc1)C1CC(O)C1. The molecule has 0 radical (unpaired) electrons. The minimum atomic E-state index is -0.293. The molecule has 2 heterocycles. The van der Waals surface area contributed by atoms with Gasteiger partial charge in [0.15, 0.2) is 0 Å². The predicted molar refractivity (Wildman–Crippen MR) is 92.4 cm³/mol. The number of methoxy groups -OCH3 is 1. The summed E-state index contributed by atoms with van der Waals surface area (Å²) in [4.78, 5) is 17.0. The largest absolute Gasteiger partial charge is 0.481 e. The third-order valence-electron chi connectivity index (χ3n) is 4.67. The van der Waals surface area contributed by atoms with Crippen LogP contribution in [0.5, 0.6) is 5.88 Å². The second kappa shape index (κ2) is 7.23. The number of carbonyl (C=O) groups excluding carboxylic acids is 1. The van der Waals surface area contributed by atoms with Gasteiger partial charge in [0.05, 0.1) is 24.9 Å². The first-order valence-electron chi connectivity index (χ1n) is 8.55. The van der Waals surface area contributed by atoms with Crippen molar-refractivity contribution in [1.82, 2.24) is 20.1 Å². The van der Waals surface area contributed by atoms with E-state index < -0.39 is 0 Å². The number of aliphatic hydroxyl groups is 1. The number of pyridine rings is 1. The van der Waals surface area contributed by atoms with Gasteiger partial charge in [-0.2, -0.15) is 5.10 Å². The Morgan fingerprint density at radius 1 is 1.48 bits per heavy atom. The fraction of sp³-hybridized carbons (Fsp3) is 0.500. The fourth-order valence-electron chi connectivity index (χ4n) is 3.26. The predicted octanol–water partition coefficient (Wildman–Crippen LogP) is 1.86. The van der Waals surface area contributed by atoms with Crippen LogP contribution in [0.2, 0.25) is 0 Å². The molecule has 2 aromatic heterocycles. The Balaban J connectivity index is 1.83. The number of nitrogens with zero attached hydrogens (tertiary/aromatic N) is 3. The van der Waals surface area contributed by atoms with Crippen LogP contribution in [0, 0.1) is 12.8 Å². The molecule has 0 spiro atoms. The number of hydrogen-bond donors (Lipinski definition) is 2. The third-order valence-corrected chi connectivity index (χ3v) is 4.67. The van der Waals surface area contributed by atoms with Crippen molar-refractivity contribution < 1.29 is 14.6 Å². The van der Waals surface area contributed by atoms with E-state index in [4.69, 9.17) is 4.74 Å². The molecule has 3 rings (SSSR count). The highest BCUT2D eigenvalue weighted by Gasteiger charge is 2.36. The van der Waals surface area contributed by atoms with Crippen LogP contribution in [0.3, 0.4) is 0 Å². The van der Waals surface area contributed by atoms with Crippen molar-refractivity contribution in [2.75, 3.05) is 7.11 Å². The van der Waals surface area contributed by atoms with E-state index in [0.717, 1.165) is 11.3 Å². The third kappa shape index (κ3) is 3.66. The number of nitrogens with one attached hydrogen (secondary N) is 1. The average Bonchev–Trinajstić information content (AvgIpc) is 2.98. The molecule has 134 valence electrons. The number of amides is 1. The fourth-order valence-corrected chi connectivity index (χ4v) is 3.26. The maximum absolute atomic E-state index is 12.8. The molecule has 0 aromatic carbocycles. The van der Waals surface area contributed by atoms with Gasteiger partial charge in [-0.15, -0.1) is 0 Å². The maximum atomic E-state index is 12.8. The highest BCUT2D eigenvalue weighted by molar-refractivity contribution is 5.93. The summed E-state index contributed by atoms with van der Waals surface area (Å²) < 4.78 is 6.80. The summed E-state index contributed by atoms with van der Waals surface area (Å²) in [6, 6.07) is 5.28. The zero-order chi connectivity index (χ0) is 18.0. The molecule has 0 unspecified atom stereocenters. The van der Waals surface area contributed by atoms with E-state index >= 15 is 0 Å². The van der Waals surface area contributed by atoms with Gasteiger partial charge in [-0.05, 0) is 44.2 Å². The molecule has 1 amide bonds. The van der Waals surface area contributed by atoms with Gasteiger partial charge < -0.3 is 15.2 Å². The van der Waals surface area contributed by atoms with Gasteiger partial charge in [0.2, 0.25) is 5.88 Å². The molecule has 1 atom stereocenters. The normalized spacial score (nSPS) is 20.6. The van der Waals surface area contributed by atoms with Gasteiger partial charge in [-0.1, -0.05) is 6.07 Å².